The van der Waals surface area contributed by atoms with Gasteiger partial charge in [0.05, 0.1) is 34.3 Å². The highest BCUT2D eigenvalue weighted by atomic mass is 35.5. The number of nitrogens with zero attached hydrogens (tertiary/aromatic N) is 2. The van der Waals surface area contributed by atoms with Gasteiger partial charge in [0.1, 0.15) is 0 Å². The average Bonchev–Trinajstić information content (AvgIpc) is 3.11. The van der Waals surface area contributed by atoms with Crippen LogP contribution >= 0.6 is 46.4 Å². The number of hydrogen-bond acceptors (Lipinski definition) is 4. The number of rotatable bonds is 4. The number of imide groups is 2. The van der Waals surface area contributed by atoms with Crippen LogP contribution in [0.25, 0.3) is 43.1 Å². The second-order valence-corrected chi connectivity index (χ2v) is 14.4. The predicted octanol–water partition coefficient (Wildman–Crippen LogP) is 11.1. The first-order valence-electron chi connectivity index (χ1n) is 15.8. The van der Waals surface area contributed by atoms with E-state index in [2.05, 4.69) is 0 Å². The summed E-state index contributed by atoms with van der Waals surface area (Å²) in [5, 5.41) is 4.18. The molecule has 7 aromatic carbocycles. The quantitative estimate of drug-likeness (QED) is 0.102. The maximum atomic E-state index is 14.2. The molecule has 0 saturated heterocycles. The fourth-order valence-corrected chi connectivity index (χ4v) is 9.15. The lowest BCUT2D eigenvalue weighted by Gasteiger charge is -2.34. The minimum atomic E-state index is -0.579. The van der Waals surface area contributed by atoms with E-state index >= 15 is 0 Å². The van der Waals surface area contributed by atoms with Gasteiger partial charge in [0.15, 0.2) is 0 Å². The molecule has 0 unspecified atom stereocenters. The molecule has 0 N–H and O–H groups in total. The van der Waals surface area contributed by atoms with Crippen molar-refractivity contribution in [3.8, 4) is 0 Å². The fourth-order valence-electron chi connectivity index (χ4n) is 7.96. The Bertz CT molecular complexity index is 2390. The molecule has 2 atom stereocenters. The van der Waals surface area contributed by atoms with Gasteiger partial charge >= 0.3 is 0 Å². The third kappa shape index (κ3) is 3.99. The molecular weight excluding hydrogens is 714 g/mol. The molecule has 0 saturated carbocycles. The van der Waals surface area contributed by atoms with Gasteiger partial charge in [-0.2, -0.15) is 0 Å². The second-order valence-electron chi connectivity index (χ2n) is 12.8. The monoisotopic (exact) mass is 734 g/mol. The van der Waals surface area contributed by atoms with Crippen LogP contribution < -0.4 is 0 Å². The van der Waals surface area contributed by atoms with Crippen molar-refractivity contribution in [1.82, 2.24) is 9.80 Å². The van der Waals surface area contributed by atoms with Crippen molar-refractivity contribution in [1.29, 1.82) is 0 Å². The molecule has 50 heavy (non-hydrogen) atoms. The first kappa shape index (κ1) is 31.3. The van der Waals surface area contributed by atoms with E-state index in [0.717, 1.165) is 11.1 Å². The van der Waals surface area contributed by atoms with Crippen molar-refractivity contribution in [3.63, 3.8) is 0 Å². The molecule has 9 rings (SSSR count). The van der Waals surface area contributed by atoms with Crippen LogP contribution in [0.1, 0.15) is 78.5 Å². The summed E-state index contributed by atoms with van der Waals surface area (Å²) >= 11 is 28.5. The van der Waals surface area contributed by atoms with Crippen LogP contribution in [0.2, 0.25) is 20.1 Å². The molecule has 2 aliphatic heterocycles. The van der Waals surface area contributed by atoms with Crippen LogP contribution in [0.3, 0.4) is 0 Å². The van der Waals surface area contributed by atoms with Crippen LogP contribution in [0.4, 0.5) is 0 Å². The Kier molecular flexibility index (Phi) is 6.81. The Morgan fingerprint density at radius 1 is 0.400 bits per heavy atom. The van der Waals surface area contributed by atoms with Gasteiger partial charge in [0, 0.05) is 63.2 Å². The van der Waals surface area contributed by atoms with E-state index in [-0.39, 0.29) is 42.3 Å². The van der Waals surface area contributed by atoms with E-state index in [1.165, 1.54) is 9.80 Å². The van der Waals surface area contributed by atoms with Gasteiger partial charge in [0.2, 0.25) is 0 Å². The lowest BCUT2D eigenvalue weighted by molar-refractivity contribution is 0.0534. The average molecular weight is 736 g/mol. The zero-order chi connectivity index (χ0) is 34.9. The van der Waals surface area contributed by atoms with Gasteiger partial charge in [-0.1, -0.05) is 107 Å². The van der Waals surface area contributed by atoms with Gasteiger partial charge in [-0.25, -0.2) is 0 Å². The number of halogens is 4. The van der Waals surface area contributed by atoms with Crippen molar-refractivity contribution >= 4 is 113 Å². The Morgan fingerprint density at radius 3 is 0.920 bits per heavy atom. The summed E-state index contributed by atoms with van der Waals surface area (Å²) in [5.74, 6) is -2.01. The van der Waals surface area contributed by atoms with Crippen molar-refractivity contribution in [2.75, 3.05) is 0 Å². The van der Waals surface area contributed by atoms with Gasteiger partial charge in [0.25, 0.3) is 23.6 Å². The topological polar surface area (TPSA) is 74.8 Å². The molecule has 7 aromatic rings. The van der Waals surface area contributed by atoms with Crippen molar-refractivity contribution in [3.05, 3.63) is 138 Å². The molecular formula is C40H22Cl4N2O4. The number of carbonyl (C=O) groups excluding carboxylic acids is 4. The summed E-state index contributed by atoms with van der Waals surface area (Å²) in [5.41, 5.74) is 2.52. The van der Waals surface area contributed by atoms with E-state index in [0.29, 0.717) is 43.1 Å². The molecule has 2 heterocycles. The Balaban J connectivity index is 1.36. The smallest absolute Gasteiger partial charge is 0.262 e. The van der Waals surface area contributed by atoms with Crippen LogP contribution in [-0.2, 0) is 0 Å². The highest BCUT2D eigenvalue weighted by molar-refractivity contribution is 6.56. The van der Waals surface area contributed by atoms with Crippen LogP contribution in [-0.4, -0.2) is 33.4 Å². The van der Waals surface area contributed by atoms with E-state index in [1.54, 1.807) is 38.1 Å². The molecule has 6 nitrogen and oxygen atoms in total. The third-order valence-corrected chi connectivity index (χ3v) is 11.4. The van der Waals surface area contributed by atoms with Crippen LogP contribution in [0.15, 0.2) is 84.9 Å². The molecule has 4 amide bonds. The number of fused-ring (bicyclic) bond motifs is 2. The summed E-state index contributed by atoms with van der Waals surface area (Å²) in [4.78, 5) is 59.4. The number of hydrogen-bond donors (Lipinski definition) is 0. The molecule has 0 radical (unpaired) electrons. The Hall–Kier alpha value is -4.72. The first-order valence-corrected chi connectivity index (χ1v) is 17.4. The highest BCUT2D eigenvalue weighted by Crippen LogP contribution is 2.54. The van der Waals surface area contributed by atoms with Crippen molar-refractivity contribution in [2.45, 2.75) is 25.9 Å². The summed E-state index contributed by atoms with van der Waals surface area (Å²) < 4.78 is 0. The zero-order valence-corrected chi connectivity index (χ0v) is 29.3. The molecule has 10 heteroatoms. The largest absolute Gasteiger partial charge is 0.269 e. The molecule has 2 aliphatic rings. The maximum absolute atomic E-state index is 14.2. The molecule has 0 bridgehead atoms. The standard InChI is InChI=1S/C40H22Cl4N2O4/c1-17(19-9-5-3-6-10-19)45-37(47)21-13-25(41)31-33-27(43)15-23-30-24(40(50)46(39(23)49)18(2)20-11-7-4-8-12-20)16-28(44)34(36(30)33)32-26(42)14-22(38(45)48)29(21)35(31)32/h3-18H,1-2H3/t17-,18-/m1/s1. The summed E-state index contributed by atoms with van der Waals surface area (Å²) in [7, 11) is 0. The lowest BCUT2D eigenvalue weighted by Crippen LogP contribution is -2.42. The number of amides is 4. The lowest BCUT2D eigenvalue weighted by atomic mass is 9.81. The van der Waals surface area contributed by atoms with E-state index in [9.17, 15) is 19.2 Å². The summed E-state index contributed by atoms with van der Waals surface area (Å²) in [6.07, 6.45) is 0. The van der Waals surface area contributed by atoms with Gasteiger partial charge in [-0.15, -0.1) is 0 Å². The van der Waals surface area contributed by atoms with Gasteiger partial charge in [-0.05, 0) is 49.2 Å². The minimum Gasteiger partial charge on any atom is -0.269 e. The normalized spacial score (nSPS) is 15.7. The van der Waals surface area contributed by atoms with Crippen molar-refractivity contribution < 1.29 is 19.2 Å². The minimum absolute atomic E-state index is 0.189. The molecule has 244 valence electrons. The predicted molar refractivity (Wildman–Crippen MR) is 198 cm³/mol. The van der Waals surface area contributed by atoms with E-state index < -0.39 is 35.7 Å². The first-order chi connectivity index (χ1) is 24.0. The molecule has 0 fully saturated rings. The third-order valence-electron chi connectivity index (χ3n) is 10.3. The summed E-state index contributed by atoms with van der Waals surface area (Å²) in [6.45, 7) is 3.59. The number of benzene rings is 7. The van der Waals surface area contributed by atoms with E-state index in [1.807, 2.05) is 60.7 Å². The van der Waals surface area contributed by atoms with E-state index in [4.69, 9.17) is 46.4 Å². The molecule has 0 aliphatic carbocycles. The molecule has 0 spiro atoms. The highest BCUT2D eigenvalue weighted by Gasteiger charge is 2.42. The second kappa shape index (κ2) is 10.9. The number of carbonyl (C=O) groups is 4. The molecule has 0 aromatic heterocycles. The Morgan fingerprint density at radius 2 is 0.660 bits per heavy atom. The van der Waals surface area contributed by atoms with Crippen LogP contribution in [0, 0.1) is 0 Å². The Labute approximate surface area is 305 Å². The van der Waals surface area contributed by atoms with Crippen molar-refractivity contribution in [2.24, 2.45) is 0 Å². The SMILES string of the molecule is C[C@H](c1ccccc1)N1C(=O)c2cc(Cl)c3c4c(Cl)cc5c6c(cc(Cl)c(c7c(Cl)cc(c2c37)C1=O)c64)C(=O)N([C@H](C)c1ccccc1)C5=O. The maximum Gasteiger partial charge on any atom is 0.262 e. The zero-order valence-electron chi connectivity index (χ0n) is 26.3. The fraction of sp³-hybridized carbons (Fsp3) is 0.100. The van der Waals surface area contributed by atoms with Crippen LogP contribution in [0.5, 0.6) is 0 Å². The summed E-state index contributed by atoms with van der Waals surface area (Å²) in [6, 6.07) is 23.6. The van der Waals surface area contributed by atoms with Gasteiger partial charge in [-0.3, -0.25) is 29.0 Å². The van der Waals surface area contributed by atoms with Gasteiger partial charge < -0.3 is 0 Å².